The van der Waals surface area contributed by atoms with Crippen molar-refractivity contribution in [1.82, 2.24) is 14.7 Å². The number of nitrogens with zero attached hydrogens (tertiary/aromatic N) is 3. The monoisotopic (exact) mass is 363 g/mol. The number of rotatable bonds is 3. The normalized spacial score (nSPS) is 15.2. The van der Waals surface area contributed by atoms with Gasteiger partial charge in [-0.3, -0.25) is 9.59 Å². The first-order valence-corrected chi connectivity index (χ1v) is 9.14. The van der Waals surface area contributed by atoms with Crippen LogP contribution in [0.4, 0.5) is 0 Å². The summed E-state index contributed by atoms with van der Waals surface area (Å²) in [4.78, 5) is 27.7. The summed E-state index contributed by atoms with van der Waals surface area (Å²) in [7, 11) is 0. The molecule has 6 heteroatoms. The first kappa shape index (κ1) is 17.4. The predicted molar refractivity (Wildman–Crippen MR) is 103 cm³/mol. The van der Waals surface area contributed by atoms with Crippen LogP contribution in [0.25, 0.3) is 10.8 Å². The maximum atomic E-state index is 13.1. The molecule has 27 heavy (non-hydrogen) atoms. The van der Waals surface area contributed by atoms with E-state index in [1.165, 1.54) is 4.68 Å². The van der Waals surface area contributed by atoms with Crippen molar-refractivity contribution in [2.75, 3.05) is 13.1 Å². The first-order valence-electron chi connectivity index (χ1n) is 9.14. The van der Waals surface area contributed by atoms with Crippen molar-refractivity contribution in [2.24, 2.45) is 0 Å². The van der Waals surface area contributed by atoms with E-state index in [0.29, 0.717) is 43.2 Å². The van der Waals surface area contributed by atoms with Crippen LogP contribution in [0.1, 0.15) is 28.9 Å². The standard InChI is InChI=1S/C21H21N3O3/c25-16-10-12-23(13-11-16)21(27)19-17-8-4-5-9-18(17)20(26)24(22-19)14-15-6-2-1-3-7-15/h1-9,16,25H,10-14H2. The third-order valence-corrected chi connectivity index (χ3v) is 5.00. The van der Waals surface area contributed by atoms with E-state index in [9.17, 15) is 14.7 Å². The molecular weight excluding hydrogens is 342 g/mol. The molecule has 0 radical (unpaired) electrons. The van der Waals surface area contributed by atoms with Crippen molar-refractivity contribution in [3.8, 4) is 0 Å². The molecule has 0 unspecified atom stereocenters. The fraction of sp³-hybridized carbons (Fsp3) is 0.286. The van der Waals surface area contributed by atoms with Gasteiger partial charge in [0.15, 0.2) is 5.69 Å². The van der Waals surface area contributed by atoms with Crippen LogP contribution < -0.4 is 5.56 Å². The molecule has 1 aliphatic heterocycles. The average molecular weight is 363 g/mol. The van der Waals surface area contributed by atoms with Crippen LogP contribution in [-0.2, 0) is 6.54 Å². The second kappa shape index (κ2) is 7.32. The highest BCUT2D eigenvalue weighted by atomic mass is 16.3. The Balaban J connectivity index is 1.78. The molecule has 1 aliphatic rings. The smallest absolute Gasteiger partial charge is 0.274 e. The minimum absolute atomic E-state index is 0.195. The van der Waals surface area contributed by atoms with Gasteiger partial charge in [-0.15, -0.1) is 0 Å². The zero-order valence-corrected chi connectivity index (χ0v) is 14.9. The summed E-state index contributed by atoms with van der Waals surface area (Å²) < 4.78 is 1.36. The largest absolute Gasteiger partial charge is 0.393 e. The Morgan fingerprint density at radius 3 is 2.33 bits per heavy atom. The Labute approximate surface area is 156 Å². The lowest BCUT2D eigenvalue weighted by atomic mass is 10.1. The van der Waals surface area contributed by atoms with Crippen LogP contribution in [0.3, 0.4) is 0 Å². The molecule has 0 atom stereocenters. The number of aliphatic hydroxyl groups excluding tert-OH is 1. The topological polar surface area (TPSA) is 75.4 Å². The number of carbonyl (C=O) groups excluding carboxylic acids is 1. The number of hydrogen-bond acceptors (Lipinski definition) is 4. The zero-order valence-electron chi connectivity index (χ0n) is 14.9. The molecule has 138 valence electrons. The minimum atomic E-state index is -0.356. The molecule has 0 spiro atoms. The van der Waals surface area contributed by atoms with Crippen LogP contribution >= 0.6 is 0 Å². The summed E-state index contributed by atoms with van der Waals surface area (Å²) in [5.74, 6) is -0.195. The van der Waals surface area contributed by atoms with Gasteiger partial charge in [-0.05, 0) is 24.5 Å². The van der Waals surface area contributed by atoms with E-state index >= 15 is 0 Å². The highest BCUT2D eigenvalue weighted by Crippen LogP contribution is 2.18. The maximum Gasteiger partial charge on any atom is 0.274 e. The molecule has 4 rings (SSSR count). The highest BCUT2D eigenvalue weighted by molar-refractivity contribution is 6.04. The van der Waals surface area contributed by atoms with Gasteiger partial charge in [0.1, 0.15) is 0 Å². The fourth-order valence-electron chi connectivity index (χ4n) is 3.48. The zero-order chi connectivity index (χ0) is 18.8. The van der Waals surface area contributed by atoms with E-state index in [1.807, 2.05) is 36.4 Å². The summed E-state index contributed by atoms with van der Waals surface area (Å²) in [5.41, 5.74) is 1.03. The third kappa shape index (κ3) is 3.48. The lowest BCUT2D eigenvalue weighted by Gasteiger charge is -2.29. The van der Waals surface area contributed by atoms with Crippen molar-refractivity contribution in [3.63, 3.8) is 0 Å². The van der Waals surface area contributed by atoms with Crippen molar-refractivity contribution in [2.45, 2.75) is 25.5 Å². The molecule has 3 aromatic rings. The number of fused-ring (bicyclic) bond motifs is 1. The highest BCUT2D eigenvalue weighted by Gasteiger charge is 2.26. The summed E-state index contributed by atoms with van der Waals surface area (Å²) in [6, 6.07) is 16.7. The number of aliphatic hydroxyl groups is 1. The van der Waals surface area contributed by atoms with Crippen LogP contribution in [0.5, 0.6) is 0 Å². The molecule has 1 saturated heterocycles. The fourth-order valence-corrected chi connectivity index (χ4v) is 3.48. The number of hydrogen-bond donors (Lipinski definition) is 1. The summed E-state index contributed by atoms with van der Waals surface area (Å²) in [5, 5.41) is 15.2. The van der Waals surface area contributed by atoms with E-state index in [2.05, 4.69) is 5.10 Å². The Morgan fingerprint density at radius 2 is 1.63 bits per heavy atom. The van der Waals surface area contributed by atoms with Gasteiger partial charge >= 0.3 is 0 Å². The maximum absolute atomic E-state index is 13.1. The number of likely N-dealkylation sites (tertiary alicyclic amines) is 1. The summed E-state index contributed by atoms with van der Waals surface area (Å²) >= 11 is 0. The number of piperidine rings is 1. The lowest BCUT2D eigenvalue weighted by Crippen LogP contribution is -2.41. The number of aromatic nitrogens is 2. The molecule has 1 fully saturated rings. The first-order chi connectivity index (χ1) is 13.1. The van der Waals surface area contributed by atoms with Crippen molar-refractivity contribution in [1.29, 1.82) is 0 Å². The van der Waals surface area contributed by atoms with E-state index in [1.54, 1.807) is 23.1 Å². The molecule has 2 aromatic carbocycles. The summed E-state index contributed by atoms with van der Waals surface area (Å²) in [6.45, 7) is 1.30. The van der Waals surface area contributed by atoms with Crippen LogP contribution in [0.15, 0.2) is 59.4 Å². The Kier molecular flexibility index (Phi) is 4.73. The number of carbonyl (C=O) groups is 1. The van der Waals surface area contributed by atoms with E-state index in [-0.39, 0.29) is 23.3 Å². The Hall–Kier alpha value is -2.99. The molecule has 0 bridgehead atoms. The van der Waals surface area contributed by atoms with Crippen molar-refractivity contribution >= 4 is 16.7 Å². The van der Waals surface area contributed by atoms with Gasteiger partial charge in [-0.25, -0.2) is 4.68 Å². The molecule has 2 heterocycles. The Morgan fingerprint density at radius 1 is 1.00 bits per heavy atom. The van der Waals surface area contributed by atoms with Crippen LogP contribution in [0, 0.1) is 0 Å². The lowest BCUT2D eigenvalue weighted by molar-refractivity contribution is 0.0541. The number of amides is 1. The molecule has 0 saturated carbocycles. The quantitative estimate of drug-likeness (QED) is 0.773. The molecule has 6 nitrogen and oxygen atoms in total. The minimum Gasteiger partial charge on any atom is -0.393 e. The van der Waals surface area contributed by atoms with E-state index in [0.717, 1.165) is 5.56 Å². The average Bonchev–Trinajstić information content (AvgIpc) is 2.71. The van der Waals surface area contributed by atoms with Crippen molar-refractivity contribution in [3.05, 3.63) is 76.2 Å². The summed E-state index contributed by atoms with van der Waals surface area (Å²) in [6.07, 6.45) is 0.770. The number of benzene rings is 2. The second-order valence-electron chi connectivity index (χ2n) is 6.87. The van der Waals surface area contributed by atoms with Gasteiger partial charge in [-0.2, -0.15) is 5.10 Å². The molecule has 1 amide bonds. The second-order valence-corrected chi connectivity index (χ2v) is 6.87. The molecule has 1 N–H and O–H groups in total. The molecular formula is C21H21N3O3. The van der Waals surface area contributed by atoms with Crippen molar-refractivity contribution < 1.29 is 9.90 Å². The van der Waals surface area contributed by atoms with Crippen LogP contribution in [-0.4, -0.2) is 44.9 Å². The van der Waals surface area contributed by atoms with E-state index < -0.39 is 0 Å². The van der Waals surface area contributed by atoms with Crippen LogP contribution in [0.2, 0.25) is 0 Å². The molecule has 1 aromatic heterocycles. The van der Waals surface area contributed by atoms with Gasteiger partial charge in [0.2, 0.25) is 0 Å². The predicted octanol–water partition coefficient (Wildman–Crippen LogP) is 2.04. The van der Waals surface area contributed by atoms with Gasteiger partial charge in [0.05, 0.1) is 18.0 Å². The van der Waals surface area contributed by atoms with Gasteiger partial charge in [0, 0.05) is 18.5 Å². The van der Waals surface area contributed by atoms with Gasteiger partial charge in [-0.1, -0.05) is 48.5 Å². The Bertz CT molecular complexity index is 1020. The van der Waals surface area contributed by atoms with E-state index in [4.69, 9.17) is 0 Å². The SMILES string of the molecule is O=C(c1nn(Cc2ccccc2)c(=O)c2ccccc12)N1CCC(O)CC1. The third-order valence-electron chi connectivity index (χ3n) is 5.00. The molecule has 0 aliphatic carbocycles. The van der Waals surface area contributed by atoms with Gasteiger partial charge in [0.25, 0.3) is 11.5 Å². The van der Waals surface area contributed by atoms with Gasteiger partial charge < -0.3 is 10.0 Å².